The van der Waals surface area contributed by atoms with Crippen LogP contribution in [0.25, 0.3) is 4.85 Å². The zero-order valence-corrected chi connectivity index (χ0v) is 10.1. The zero-order valence-electron chi connectivity index (χ0n) is 8.53. The molecule has 4 heteroatoms. The third-order valence-electron chi connectivity index (χ3n) is 3.11. The molecule has 1 aromatic carbocycles. The van der Waals surface area contributed by atoms with Crippen LogP contribution in [-0.2, 0) is 5.54 Å². The van der Waals surface area contributed by atoms with Gasteiger partial charge in [-0.25, -0.2) is 11.4 Å². The molecule has 0 saturated heterocycles. The van der Waals surface area contributed by atoms with E-state index in [-0.39, 0.29) is 5.56 Å². The molecule has 0 heterocycles. The van der Waals surface area contributed by atoms with E-state index in [0.717, 1.165) is 23.7 Å². The number of hydrogen-bond acceptors (Lipinski definition) is 1. The summed E-state index contributed by atoms with van der Waals surface area (Å²) < 4.78 is 0.822. The smallest absolute Gasteiger partial charge is 0.336 e. The van der Waals surface area contributed by atoms with Crippen molar-refractivity contribution in [2.24, 2.45) is 0 Å². The molecule has 0 atom stereocenters. The molecule has 1 aromatic rings. The lowest BCUT2D eigenvalue weighted by molar-refractivity contribution is 0.0692. The number of nitrogens with zero attached hydrogens (tertiary/aromatic N) is 1. The molecular weight excluding hydrogens is 270 g/mol. The fraction of sp³-hybridized carbons (Fsp3) is 0.333. The van der Waals surface area contributed by atoms with E-state index in [2.05, 4.69) is 20.8 Å². The van der Waals surface area contributed by atoms with Crippen molar-refractivity contribution >= 4 is 21.9 Å². The highest BCUT2D eigenvalue weighted by atomic mass is 79.9. The van der Waals surface area contributed by atoms with Crippen molar-refractivity contribution in [2.45, 2.75) is 24.8 Å². The second-order valence-electron chi connectivity index (χ2n) is 3.99. The second-order valence-corrected chi connectivity index (χ2v) is 4.91. The highest BCUT2D eigenvalue weighted by Gasteiger charge is 2.47. The van der Waals surface area contributed by atoms with Crippen molar-refractivity contribution in [3.63, 3.8) is 0 Å². The number of carboxylic acids is 1. The van der Waals surface area contributed by atoms with Gasteiger partial charge in [0, 0.05) is 17.3 Å². The molecule has 2 rings (SSSR count). The van der Waals surface area contributed by atoms with Crippen LogP contribution < -0.4 is 0 Å². The first-order chi connectivity index (χ1) is 7.59. The fourth-order valence-electron chi connectivity index (χ4n) is 2.04. The highest BCUT2D eigenvalue weighted by Crippen LogP contribution is 2.46. The number of hydrogen-bond donors (Lipinski definition) is 1. The average molecular weight is 280 g/mol. The standard InChI is InChI=1S/C12H10BrNO2/c1-14-12(5-2-6-12)10-7-8(13)3-4-9(10)11(15)16/h3-4,7H,2,5-6H2,(H,15,16). The third-order valence-corrected chi connectivity index (χ3v) is 3.60. The molecule has 1 aliphatic carbocycles. The molecule has 16 heavy (non-hydrogen) atoms. The number of carbonyl (C=O) groups is 1. The van der Waals surface area contributed by atoms with E-state index in [1.54, 1.807) is 18.2 Å². The molecule has 0 spiro atoms. The number of carboxylic acid groups (broad SMARTS) is 1. The Morgan fingerprint density at radius 1 is 1.50 bits per heavy atom. The van der Waals surface area contributed by atoms with Crippen LogP contribution in [0.2, 0.25) is 0 Å². The summed E-state index contributed by atoms with van der Waals surface area (Å²) in [5.41, 5.74) is 0.298. The first-order valence-electron chi connectivity index (χ1n) is 5.01. The number of rotatable bonds is 2. The second kappa shape index (κ2) is 3.91. The Morgan fingerprint density at radius 2 is 2.19 bits per heavy atom. The Labute approximate surface area is 102 Å². The van der Waals surface area contributed by atoms with Crippen LogP contribution >= 0.6 is 15.9 Å². The Kier molecular flexibility index (Phi) is 2.73. The van der Waals surface area contributed by atoms with Crippen molar-refractivity contribution in [1.82, 2.24) is 0 Å². The Bertz CT molecular complexity index is 486. The summed E-state index contributed by atoms with van der Waals surface area (Å²) in [5, 5.41) is 9.12. The van der Waals surface area contributed by atoms with E-state index in [0.29, 0.717) is 5.56 Å². The van der Waals surface area contributed by atoms with E-state index in [9.17, 15) is 4.79 Å². The third kappa shape index (κ3) is 1.61. The summed E-state index contributed by atoms with van der Waals surface area (Å²) in [7, 11) is 0. The molecule has 1 saturated carbocycles. The van der Waals surface area contributed by atoms with Gasteiger partial charge in [0.25, 0.3) is 5.54 Å². The van der Waals surface area contributed by atoms with Crippen LogP contribution in [0.3, 0.4) is 0 Å². The SMILES string of the molecule is [C-]#[N+]C1(c2cc(Br)ccc2C(=O)O)CCC1. The predicted octanol–water partition coefficient (Wildman–Crippen LogP) is 3.45. The van der Waals surface area contributed by atoms with Gasteiger partial charge in [0.1, 0.15) is 0 Å². The normalized spacial score (nSPS) is 17.2. The van der Waals surface area contributed by atoms with Crippen molar-refractivity contribution in [2.75, 3.05) is 0 Å². The lowest BCUT2D eigenvalue weighted by atomic mass is 9.71. The van der Waals surface area contributed by atoms with Gasteiger partial charge in [-0.2, -0.15) is 0 Å². The van der Waals surface area contributed by atoms with Crippen molar-refractivity contribution < 1.29 is 9.90 Å². The van der Waals surface area contributed by atoms with E-state index >= 15 is 0 Å². The molecule has 0 unspecified atom stereocenters. The maximum absolute atomic E-state index is 11.1. The fourth-order valence-corrected chi connectivity index (χ4v) is 2.40. The quantitative estimate of drug-likeness (QED) is 0.843. The van der Waals surface area contributed by atoms with Crippen LogP contribution in [0.5, 0.6) is 0 Å². The summed E-state index contributed by atoms with van der Waals surface area (Å²) >= 11 is 3.32. The summed E-state index contributed by atoms with van der Waals surface area (Å²) in [5.74, 6) is -0.961. The number of benzene rings is 1. The molecule has 0 aromatic heterocycles. The minimum atomic E-state index is -0.961. The maximum atomic E-state index is 11.1. The molecule has 0 aliphatic heterocycles. The van der Waals surface area contributed by atoms with E-state index < -0.39 is 11.5 Å². The van der Waals surface area contributed by atoms with E-state index in [4.69, 9.17) is 11.7 Å². The number of aromatic carboxylic acids is 1. The van der Waals surface area contributed by atoms with Crippen molar-refractivity contribution in [3.05, 3.63) is 45.2 Å². The van der Waals surface area contributed by atoms with E-state index in [1.165, 1.54) is 0 Å². The molecule has 0 amide bonds. The predicted molar refractivity (Wildman–Crippen MR) is 63.2 cm³/mol. The van der Waals surface area contributed by atoms with Gasteiger partial charge in [0.2, 0.25) is 0 Å². The van der Waals surface area contributed by atoms with Gasteiger partial charge in [-0.1, -0.05) is 15.9 Å². The minimum Gasteiger partial charge on any atom is -0.478 e. The van der Waals surface area contributed by atoms with Gasteiger partial charge in [-0.15, -0.1) is 0 Å². The highest BCUT2D eigenvalue weighted by molar-refractivity contribution is 9.10. The topological polar surface area (TPSA) is 41.7 Å². The molecule has 3 nitrogen and oxygen atoms in total. The molecule has 1 N–H and O–H groups in total. The Hall–Kier alpha value is -1.34. The summed E-state index contributed by atoms with van der Waals surface area (Å²) in [6.45, 7) is 7.27. The van der Waals surface area contributed by atoms with Gasteiger partial charge in [0.15, 0.2) is 0 Å². The lowest BCUT2D eigenvalue weighted by Crippen LogP contribution is -2.32. The van der Waals surface area contributed by atoms with Gasteiger partial charge in [-0.05, 0) is 24.6 Å². The maximum Gasteiger partial charge on any atom is 0.336 e. The van der Waals surface area contributed by atoms with Crippen LogP contribution in [0.4, 0.5) is 0 Å². The monoisotopic (exact) mass is 279 g/mol. The Balaban J connectivity index is 2.58. The van der Waals surface area contributed by atoms with Gasteiger partial charge < -0.3 is 9.95 Å². The van der Waals surface area contributed by atoms with Crippen molar-refractivity contribution in [1.29, 1.82) is 0 Å². The molecule has 0 bridgehead atoms. The molecule has 1 fully saturated rings. The van der Waals surface area contributed by atoms with Gasteiger partial charge >= 0.3 is 5.97 Å². The van der Waals surface area contributed by atoms with Crippen LogP contribution in [-0.4, -0.2) is 11.1 Å². The Morgan fingerprint density at radius 3 is 2.62 bits per heavy atom. The minimum absolute atomic E-state index is 0.249. The zero-order chi connectivity index (χ0) is 11.8. The molecule has 0 radical (unpaired) electrons. The molecular formula is C12H10BrNO2. The van der Waals surface area contributed by atoms with Crippen LogP contribution in [0, 0.1) is 6.57 Å². The van der Waals surface area contributed by atoms with Gasteiger partial charge in [-0.3, -0.25) is 0 Å². The average Bonchev–Trinajstić information content (AvgIpc) is 2.16. The summed E-state index contributed by atoms with van der Waals surface area (Å²) in [4.78, 5) is 14.8. The largest absolute Gasteiger partial charge is 0.478 e. The summed E-state index contributed by atoms with van der Waals surface area (Å²) in [6, 6.07) is 5.02. The van der Waals surface area contributed by atoms with Crippen LogP contribution in [0.15, 0.2) is 22.7 Å². The lowest BCUT2D eigenvalue weighted by Gasteiger charge is -2.31. The van der Waals surface area contributed by atoms with Crippen LogP contribution in [0.1, 0.15) is 35.2 Å². The molecule has 82 valence electrons. The van der Waals surface area contributed by atoms with Gasteiger partial charge in [0.05, 0.1) is 11.1 Å². The molecule has 1 aliphatic rings. The first kappa shape index (κ1) is 11.2. The summed E-state index contributed by atoms with van der Waals surface area (Å²) in [6.07, 6.45) is 2.51. The van der Waals surface area contributed by atoms with Crippen molar-refractivity contribution in [3.8, 4) is 0 Å². The van der Waals surface area contributed by atoms with E-state index in [1.807, 2.05) is 0 Å². The number of halogens is 1. The first-order valence-corrected chi connectivity index (χ1v) is 5.80.